The van der Waals surface area contributed by atoms with E-state index in [0.717, 1.165) is 0 Å². The average molecular weight is 262 g/mol. The van der Waals surface area contributed by atoms with Crippen LogP contribution < -0.4 is 5.32 Å². The maximum atomic E-state index is 11.8. The summed E-state index contributed by atoms with van der Waals surface area (Å²) in [5.41, 5.74) is 0.445. The van der Waals surface area contributed by atoms with E-state index in [-0.39, 0.29) is 11.9 Å². The highest BCUT2D eigenvalue weighted by atomic mass is 35.5. The van der Waals surface area contributed by atoms with Gasteiger partial charge in [-0.05, 0) is 25.1 Å². The third-order valence-corrected chi connectivity index (χ3v) is 2.36. The highest BCUT2D eigenvalue weighted by Crippen LogP contribution is 2.18. The number of benzene rings is 1. The van der Waals surface area contributed by atoms with Gasteiger partial charge in [0, 0.05) is 28.8 Å². The first-order chi connectivity index (χ1) is 7.52. The summed E-state index contributed by atoms with van der Waals surface area (Å²) in [5.74, 6) is -0.214. The molecule has 0 aliphatic heterocycles. The number of rotatable bonds is 4. The Labute approximate surface area is 105 Å². The van der Waals surface area contributed by atoms with Gasteiger partial charge in [0.15, 0.2) is 0 Å². The Morgan fingerprint density at radius 2 is 1.94 bits per heavy atom. The summed E-state index contributed by atoms with van der Waals surface area (Å²) in [7, 11) is 1.58. The maximum Gasteiger partial charge on any atom is 0.251 e. The van der Waals surface area contributed by atoms with Crippen molar-refractivity contribution in [2.75, 3.05) is 13.7 Å². The van der Waals surface area contributed by atoms with E-state index in [1.54, 1.807) is 25.3 Å². The molecular weight excluding hydrogens is 249 g/mol. The second-order valence-electron chi connectivity index (χ2n) is 3.49. The number of halogens is 2. The van der Waals surface area contributed by atoms with E-state index in [4.69, 9.17) is 27.9 Å². The molecule has 0 radical (unpaired) electrons. The van der Waals surface area contributed by atoms with Crippen LogP contribution in [0.4, 0.5) is 0 Å². The summed E-state index contributed by atoms with van der Waals surface area (Å²) < 4.78 is 4.92. The fraction of sp³-hybridized carbons (Fsp3) is 0.364. The van der Waals surface area contributed by atoms with Crippen molar-refractivity contribution >= 4 is 29.1 Å². The molecular formula is C11H13Cl2NO2. The number of amides is 1. The lowest BCUT2D eigenvalue weighted by Crippen LogP contribution is -2.35. The van der Waals surface area contributed by atoms with E-state index in [1.165, 1.54) is 0 Å². The summed E-state index contributed by atoms with van der Waals surface area (Å²) in [6, 6.07) is 4.67. The van der Waals surface area contributed by atoms with Crippen molar-refractivity contribution in [2.24, 2.45) is 0 Å². The van der Waals surface area contributed by atoms with E-state index >= 15 is 0 Å². The Balaban J connectivity index is 2.72. The number of hydrogen-bond donors (Lipinski definition) is 1. The first-order valence-corrected chi connectivity index (χ1v) is 5.54. The number of carbonyl (C=O) groups excluding carboxylic acids is 1. The molecule has 0 heterocycles. The first-order valence-electron chi connectivity index (χ1n) is 4.79. The lowest BCUT2D eigenvalue weighted by atomic mass is 10.2. The van der Waals surface area contributed by atoms with Gasteiger partial charge < -0.3 is 10.1 Å². The Morgan fingerprint density at radius 3 is 2.44 bits per heavy atom. The van der Waals surface area contributed by atoms with Crippen LogP contribution in [0.2, 0.25) is 10.0 Å². The molecule has 1 rings (SSSR count). The summed E-state index contributed by atoms with van der Waals surface area (Å²) in [4.78, 5) is 11.8. The van der Waals surface area contributed by atoms with Crippen molar-refractivity contribution in [1.29, 1.82) is 0 Å². The number of hydrogen-bond acceptors (Lipinski definition) is 2. The zero-order chi connectivity index (χ0) is 12.1. The third-order valence-electron chi connectivity index (χ3n) is 1.92. The average Bonchev–Trinajstić information content (AvgIpc) is 2.16. The molecule has 3 nitrogen and oxygen atoms in total. The summed E-state index contributed by atoms with van der Waals surface area (Å²) >= 11 is 11.6. The maximum absolute atomic E-state index is 11.8. The van der Waals surface area contributed by atoms with E-state index < -0.39 is 0 Å². The summed E-state index contributed by atoms with van der Waals surface area (Å²) in [5, 5.41) is 3.65. The van der Waals surface area contributed by atoms with Crippen molar-refractivity contribution < 1.29 is 9.53 Å². The van der Waals surface area contributed by atoms with Gasteiger partial charge in [0.1, 0.15) is 0 Å². The Morgan fingerprint density at radius 1 is 1.38 bits per heavy atom. The molecule has 0 saturated carbocycles. The van der Waals surface area contributed by atoms with Crippen molar-refractivity contribution in [3.8, 4) is 0 Å². The molecule has 88 valence electrons. The largest absolute Gasteiger partial charge is 0.383 e. The Hall–Kier alpha value is -0.770. The predicted molar refractivity (Wildman–Crippen MR) is 65.3 cm³/mol. The van der Waals surface area contributed by atoms with Gasteiger partial charge in [-0.3, -0.25) is 4.79 Å². The van der Waals surface area contributed by atoms with Gasteiger partial charge in [0.05, 0.1) is 6.61 Å². The Bertz CT molecular complexity index is 362. The van der Waals surface area contributed by atoms with Gasteiger partial charge >= 0.3 is 0 Å². The molecule has 0 saturated heterocycles. The van der Waals surface area contributed by atoms with E-state index in [9.17, 15) is 4.79 Å². The topological polar surface area (TPSA) is 38.3 Å². The highest BCUT2D eigenvalue weighted by Gasteiger charge is 2.10. The molecule has 1 amide bonds. The third kappa shape index (κ3) is 4.00. The fourth-order valence-corrected chi connectivity index (χ4v) is 1.81. The number of methoxy groups -OCH3 is 1. The fourth-order valence-electron chi connectivity index (χ4n) is 1.28. The van der Waals surface area contributed by atoms with Crippen LogP contribution in [0.1, 0.15) is 17.3 Å². The molecule has 5 heteroatoms. The van der Waals surface area contributed by atoms with Crippen LogP contribution >= 0.6 is 23.2 Å². The molecule has 1 atom stereocenters. The van der Waals surface area contributed by atoms with Gasteiger partial charge in [0.2, 0.25) is 0 Å². The zero-order valence-corrected chi connectivity index (χ0v) is 10.6. The van der Waals surface area contributed by atoms with Crippen molar-refractivity contribution in [3.05, 3.63) is 33.8 Å². The van der Waals surface area contributed by atoms with Crippen LogP contribution in [0.15, 0.2) is 18.2 Å². The van der Waals surface area contributed by atoms with Crippen LogP contribution in [-0.2, 0) is 4.74 Å². The number of carbonyl (C=O) groups is 1. The lowest BCUT2D eigenvalue weighted by molar-refractivity contribution is 0.0905. The molecule has 0 aliphatic carbocycles. The highest BCUT2D eigenvalue weighted by molar-refractivity contribution is 6.35. The van der Waals surface area contributed by atoms with Crippen LogP contribution in [0.3, 0.4) is 0 Å². The molecule has 1 aromatic carbocycles. The molecule has 16 heavy (non-hydrogen) atoms. The van der Waals surface area contributed by atoms with Gasteiger partial charge in [-0.1, -0.05) is 23.2 Å². The Kier molecular flexibility index (Phi) is 5.06. The van der Waals surface area contributed by atoms with Crippen molar-refractivity contribution in [2.45, 2.75) is 13.0 Å². The van der Waals surface area contributed by atoms with E-state index in [2.05, 4.69) is 5.32 Å². The predicted octanol–water partition coefficient (Wildman–Crippen LogP) is 2.76. The molecule has 0 spiro atoms. The zero-order valence-electron chi connectivity index (χ0n) is 9.09. The monoisotopic (exact) mass is 261 g/mol. The quantitative estimate of drug-likeness (QED) is 0.906. The number of ether oxygens (including phenoxy) is 1. The normalized spacial score (nSPS) is 12.2. The van der Waals surface area contributed by atoms with Crippen LogP contribution in [0, 0.1) is 0 Å². The van der Waals surface area contributed by atoms with Gasteiger partial charge in [-0.25, -0.2) is 0 Å². The molecule has 1 aromatic rings. The molecule has 0 aromatic heterocycles. The van der Waals surface area contributed by atoms with Gasteiger partial charge in [-0.15, -0.1) is 0 Å². The van der Waals surface area contributed by atoms with E-state index in [0.29, 0.717) is 22.2 Å². The summed E-state index contributed by atoms with van der Waals surface area (Å²) in [6.45, 7) is 2.31. The molecule has 0 unspecified atom stereocenters. The van der Waals surface area contributed by atoms with Crippen molar-refractivity contribution in [3.63, 3.8) is 0 Å². The molecule has 0 fully saturated rings. The van der Waals surface area contributed by atoms with Crippen molar-refractivity contribution in [1.82, 2.24) is 5.32 Å². The summed E-state index contributed by atoms with van der Waals surface area (Å²) in [6.07, 6.45) is 0. The lowest BCUT2D eigenvalue weighted by Gasteiger charge is -2.12. The van der Waals surface area contributed by atoms with Gasteiger partial charge in [0.25, 0.3) is 5.91 Å². The van der Waals surface area contributed by atoms with Crippen LogP contribution in [-0.4, -0.2) is 25.7 Å². The molecule has 1 N–H and O–H groups in total. The molecule has 0 bridgehead atoms. The second-order valence-corrected chi connectivity index (χ2v) is 4.36. The SMILES string of the molecule is COC[C@H](C)NC(=O)c1cc(Cl)cc(Cl)c1. The van der Waals surface area contributed by atoms with Crippen LogP contribution in [0.5, 0.6) is 0 Å². The minimum atomic E-state index is -0.214. The minimum Gasteiger partial charge on any atom is -0.383 e. The minimum absolute atomic E-state index is 0.0599. The van der Waals surface area contributed by atoms with E-state index in [1.807, 2.05) is 6.92 Å². The van der Waals surface area contributed by atoms with Gasteiger partial charge in [-0.2, -0.15) is 0 Å². The standard InChI is InChI=1S/C11H13Cl2NO2/c1-7(6-16-2)14-11(15)8-3-9(12)5-10(13)4-8/h3-5,7H,6H2,1-2H3,(H,14,15)/t7-/m0/s1. The first kappa shape index (κ1) is 13.3. The molecule has 0 aliphatic rings. The smallest absolute Gasteiger partial charge is 0.251 e. The second kappa shape index (κ2) is 6.09. The number of nitrogens with one attached hydrogen (secondary N) is 1. The van der Waals surface area contributed by atoms with Crippen LogP contribution in [0.25, 0.3) is 0 Å².